The standard InChI is InChI=1S/C18H20N4O2/c19-13-14-6-4-9-16(12-14)21-22-18(24)20-17(10-5-11-23)15-7-2-1-3-8-15/h1-4,6-9,12,17,21,23H,5,10-11H2,(H2,20,22,24). The van der Waals surface area contributed by atoms with E-state index >= 15 is 0 Å². The summed E-state index contributed by atoms with van der Waals surface area (Å²) in [7, 11) is 0. The van der Waals surface area contributed by atoms with Crippen molar-refractivity contribution < 1.29 is 9.90 Å². The zero-order valence-corrected chi connectivity index (χ0v) is 13.2. The molecule has 2 rings (SSSR count). The van der Waals surface area contributed by atoms with Crippen LogP contribution in [-0.2, 0) is 0 Å². The number of amides is 2. The highest BCUT2D eigenvalue weighted by Crippen LogP contribution is 2.18. The Labute approximate surface area is 141 Å². The number of carbonyl (C=O) groups is 1. The number of urea groups is 1. The lowest BCUT2D eigenvalue weighted by Crippen LogP contribution is -2.41. The molecule has 2 aromatic carbocycles. The molecule has 0 fully saturated rings. The van der Waals surface area contributed by atoms with Gasteiger partial charge in [-0.2, -0.15) is 5.26 Å². The second kappa shape index (κ2) is 9.18. The minimum atomic E-state index is -0.385. The van der Waals surface area contributed by atoms with E-state index in [1.165, 1.54) is 0 Å². The van der Waals surface area contributed by atoms with Gasteiger partial charge in [0.2, 0.25) is 0 Å². The van der Waals surface area contributed by atoms with Crippen LogP contribution in [0.5, 0.6) is 0 Å². The lowest BCUT2D eigenvalue weighted by atomic mass is 10.0. The molecular weight excluding hydrogens is 304 g/mol. The Hall–Kier alpha value is -3.04. The van der Waals surface area contributed by atoms with E-state index in [2.05, 4.69) is 16.2 Å². The van der Waals surface area contributed by atoms with Crippen molar-refractivity contribution >= 4 is 11.7 Å². The number of hydrazine groups is 1. The van der Waals surface area contributed by atoms with Crippen molar-refractivity contribution in [2.24, 2.45) is 0 Å². The number of nitrogens with zero attached hydrogens (tertiary/aromatic N) is 1. The fourth-order valence-corrected chi connectivity index (χ4v) is 2.29. The molecule has 1 atom stereocenters. The van der Waals surface area contributed by atoms with E-state index in [-0.39, 0.29) is 18.7 Å². The van der Waals surface area contributed by atoms with Crippen LogP contribution in [-0.4, -0.2) is 17.7 Å². The van der Waals surface area contributed by atoms with Crippen LogP contribution in [0, 0.1) is 11.3 Å². The molecule has 24 heavy (non-hydrogen) atoms. The normalized spacial score (nSPS) is 11.2. The maximum Gasteiger partial charge on any atom is 0.333 e. The predicted molar refractivity (Wildman–Crippen MR) is 91.9 cm³/mol. The molecule has 0 spiro atoms. The Bertz CT molecular complexity index is 698. The number of hydrogen-bond donors (Lipinski definition) is 4. The van der Waals surface area contributed by atoms with Gasteiger partial charge in [0.25, 0.3) is 0 Å². The summed E-state index contributed by atoms with van der Waals surface area (Å²) in [5.41, 5.74) is 7.43. The van der Waals surface area contributed by atoms with Crippen LogP contribution in [0.2, 0.25) is 0 Å². The maximum atomic E-state index is 12.1. The van der Waals surface area contributed by atoms with Crippen molar-refractivity contribution in [2.45, 2.75) is 18.9 Å². The summed E-state index contributed by atoms with van der Waals surface area (Å²) < 4.78 is 0. The highest BCUT2D eigenvalue weighted by Gasteiger charge is 2.13. The highest BCUT2D eigenvalue weighted by molar-refractivity contribution is 5.76. The van der Waals surface area contributed by atoms with E-state index in [9.17, 15) is 4.79 Å². The lowest BCUT2D eigenvalue weighted by Gasteiger charge is -2.19. The molecule has 4 N–H and O–H groups in total. The zero-order valence-electron chi connectivity index (χ0n) is 13.2. The Kier molecular flexibility index (Phi) is 6.62. The molecule has 6 heteroatoms. The number of aliphatic hydroxyl groups excluding tert-OH is 1. The largest absolute Gasteiger partial charge is 0.396 e. The molecular formula is C18H20N4O2. The first-order valence-electron chi connectivity index (χ1n) is 7.71. The summed E-state index contributed by atoms with van der Waals surface area (Å²) in [5.74, 6) is 0. The van der Waals surface area contributed by atoms with Gasteiger partial charge in [0.1, 0.15) is 0 Å². The molecule has 0 aromatic heterocycles. The smallest absolute Gasteiger partial charge is 0.333 e. The predicted octanol–water partition coefficient (Wildman–Crippen LogP) is 2.70. The van der Waals surface area contributed by atoms with Gasteiger partial charge in [0.05, 0.1) is 23.4 Å². The second-order valence-corrected chi connectivity index (χ2v) is 5.25. The van der Waals surface area contributed by atoms with Crippen LogP contribution < -0.4 is 16.2 Å². The fraction of sp³-hybridized carbons (Fsp3) is 0.222. The average Bonchev–Trinajstić information content (AvgIpc) is 2.64. The van der Waals surface area contributed by atoms with Crippen molar-refractivity contribution in [1.29, 1.82) is 5.26 Å². The monoisotopic (exact) mass is 324 g/mol. The van der Waals surface area contributed by atoms with Gasteiger partial charge < -0.3 is 10.4 Å². The Morgan fingerprint density at radius 2 is 1.96 bits per heavy atom. The number of aliphatic hydroxyl groups is 1. The Morgan fingerprint density at radius 3 is 2.67 bits per heavy atom. The molecule has 0 saturated heterocycles. The van der Waals surface area contributed by atoms with Gasteiger partial charge in [-0.15, -0.1) is 0 Å². The zero-order chi connectivity index (χ0) is 17.2. The molecule has 2 amide bonds. The Balaban J connectivity index is 1.93. The van der Waals surface area contributed by atoms with Gasteiger partial charge in [-0.1, -0.05) is 36.4 Å². The van der Waals surface area contributed by atoms with E-state index in [0.717, 1.165) is 5.56 Å². The first kappa shape index (κ1) is 17.3. The number of benzene rings is 2. The molecule has 0 aliphatic rings. The Morgan fingerprint density at radius 1 is 1.17 bits per heavy atom. The number of anilines is 1. The van der Waals surface area contributed by atoms with Crippen LogP contribution in [0.3, 0.4) is 0 Å². The van der Waals surface area contributed by atoms with E-state index in [1.807, 2.05) is 36.4 Å². The molecule has 0 aliphatic heterocycles. The van der Waals surface area contributed by atoms with Crippen molar-refractivity contribution in [3.8, 4) is 6.07 Å². The number of rotatable bonds is 7. The summed E-state index contributed by atoms with van der Waals surface area (Å²) in [6.07, 6.45) is 1.23. The number of hydrogen-bond acceptors (Lipinski definition) is 4. The van der Waals surface area contributed by atoms with Gasteiger partial charge in [-0.3, -0.25) is 10.9 Å². The van der Waals surface area contributed by atoms with Crippen molar-refractivity contribution in [3.63, 3.8) is 0 Å². The lowest BCUT2D eigenvalue weighted by molar-refractivity contribution is 0.235. The molecule has 1 unspecified atom stereocenters. The van der Waals surface area contributed by atoms with Crippen LogP contribution in [0.1, 0.15) is 30.0 Å². The third-order valence-electron chi connectivity index (χ3n) is 3.47. The summed E-state index contributed by atoms with van der Waals surface area (Å²) >= 11 is 0. The van der Waals surface area contributed by atoms with Gasteiger partial charge >= 0.3 is 6.03 Å². The molecule has 0 saturated carbocycles. The van der Waals surface area contributed by atoms with Crippen LogP contribution in [0.4, 0.5) is 10.5 Å². The third-order valence-corrected chi connectivity index (χ3v) is 3.47. The van der Waals surface area contributed by atoms with Gasteiger partial charge in [-0.05, 0) is 36.6 Å². The summed E-state index contributed by atoms with van der Waals surface area (Å²) in [6, 6.07) is 17.9. The van der Waals surface area contributed by atoms with Gasteiger partial charge in [0, 0.05) is 6.61 Å². The van der Waals surface area contributed by atoms with E-state index in [1.54, 1.807) is 24.3 Å². The average molecular weight is 324 g/mol. The third kappa shape index (κ3) is 5.30. The summed E-state index contributed by atoms with van der Waals surface area (Å²) in [6.45, 7) is 0.0752. The first-order valence-corrected chi connectivity index (χ1v) is 7.71. The van der Waals surface area contributed by atoms with Crippen LogP contribution in [0.25, 0.3) is 0 Å². The highest BCUT2D eigenvalue weighted by atomic mass is 16.3. The van der Waals surface area contributed by atoms with Crippen molar-refractivity contribution in [3.05, 3.63) is 65.7 Å². The minimum Gasteiger partial charge on any atom is -0.396 e. The molecule has 0 radical (unpaired) electrons. The van der Waals surface area contributed by atoms with E-state index in [0.29, 0.717) is 24.1 Å². The molecule has 0 bridgehead atoms. The quantitative estimate of drug-likeness (QED) is 0.589. The molecule has 0 heterocycles. The maximum absolute atomic E-state index is 12.1. The van der Waals surface area contributed by atoms with Crippen LogP contribution in [0.15, 0.2) is 54.6 Å². The van der Waals surface area contributed by atoms with Gasteiger partial charge in [0.15, 0.2) is 0 Å². The van der Waals surface area contributed by atoms with Gasteiger partial charge in [-0.25, -0.2) is 4.79 Å². The molecule has 124 valence electrons. The number of nitriles is 1. The molecule has 6 nitrogen and oxygen atoms in total. The fourth-order valence-electron chi connectivity index (χ4n) is 2.29. The number of carbonyl (C=O) groups excluding carboxylic acids is 1. The van der Waals surface area contributed by atoms with E-state index < -0.39 is 0 Å². The topological polar surface area (TPSA) is 97.2 Å². The summed E-state index contributed by atoms with van der Waals surface area (Å²) in [5, 5.41) is 20.8. The number of nitrogens with one attached hydrogen (secondary N) is 3. The van der Waals surface area contributed by atoms with E-state index in [4.69, 9.17) is 10.4 Å². The second-order valence-electron chi connectivity index (χ2n) is 5.25. The van der Waals surface area contributed by atoms with Crippen molar-refractivity contribution in [2.75, 3.05) is 12.0 Å². The molecule has 2 aromatic rings. The van der Waals surface area contributed by atoms with Crippen LogP contribution >= 0.6 is 0 Å². The molecule has 0 aliphatic carbocycles. The van der Waals surface area contributed by atoms with Crippen molar-refractivity contribution in [1.82, 2.24) is 10.7 Å². The minimum absolute atomic E-state index is 0.0752. The summed E-state index contributed by atoms with van der Waals surface area (Å²) in [4.78, 5) is 12.1. The first-order chi connectivity index (χ1) is 11.7. The SMILES string of the molecule is N#Cc1cccc(NNC(=O)NC(CCCO)c2ccccc2)c1.